The molecule has 0 aromatic heterocycles. The summed E-state index contributed by atoms with van der Waals surface area (Å²) in [5.41, 5.74) is 6.69. The molecule has 1 fully saturated rings. The quantitative estimate of drug-likeness (QED) is 0.859. The minimum absolute atomic E-state index is 0. The van der Waals surface area contributed by atoms with Crippen LogP contribution >= 0.6 is 36.4 Å². The topological polar surface area (TPSA) is 58.4 Å². The van der Waals surface area contributed by atoms with Gasteiger partial charge in [-0.15, -0.1) is 24.8 Å². The van der Waals surface area contributed by atoms with Crippen LogP contribution in [-0.2, 0) is 4.79 Å². The van der Waals surface area contributed by atoms with Gasteiger partial charge < -0.3 is 16.0 Å². The van der Waals surface area contributed by atoms with Gasteiger partial charge in [0.25, 0.3) is 0 Å². The third kappa shape index (κ3) is 6.21. The zero-order valence-corrected chi connectivity index (χ0v) is 15.0. The first kappa shape index (κ1) is 21.3. The highest BCUT2D eigenvalue weighted by Gasteiger charge is 2.22. The fourth-order valence-electron chi connectivity index (χ4n) is 2.60. The van der Waals surface area contributed by atoms with Crippen molar-refractivity contribution in [3.8, 4) is 0 Å². The van der Waals surface area contributed by atoms with Crippen molar-refractivity contribution in [2.24, 2.45) is 5.73 Å². The molecule has 0 spiro atoms. The van der Waals surface area contributed by atoms with E-state index >= 15 is 0 Å². The second-order valence-corrected chi connectivity index (χ2v) is 5.89. The molecule has 1 amide bonds. The van der Waals surface area contributed by atoms with Crippen molar-refractivity contribution in [1.82, 2.24) is 5.32 Å². The number of benzene rings is 1. The van der Waals surface area contributed by atoms with E-state index in [9.17, 15) is 4.79 Å². The lowest BCUT2D eigenvalue weighted by Crippen LogP contribution is -2.48. The van der Waals surface area contributed by atoms with E-state index in [4.69, 9.17) is 17.3 Å². The number of carbonyl (C=O) groups excluding carboxylic acids is 1. The highest BCUT2D eigenvalue weighted by Crippen LogP contribution is 2.27. The molecule has 0 bridgehead atoms. The average Bonchev–Trinajstić information content (AvgIpc) is 2.38. The third-order valence-electron chi connectivity index (χ3n) is 3.49. The second kappa shape index (κ2) is 10.2. The van der Waals surface area contributed by atoms with E-state index in [1.165, 1.54) is 0 Å². The summed E-state index contributed by atoms with van der Waals surface area (Å²) in [6.07, 6.45) is 2.43. The summed E-state index contributed by atoms with van der Waals surface area (Å²) in [6.45, 7) is 3.62. The molecule has 0 aliphatic carbocycles. The van der Waals surface area contributed by atoms with Crippen molar-refractivity contribution in [2.45, 2.75) is 38.3 Å². The first-order valence-electron chi connectivity index (χ1n) is 7.10. The minimum atomic E-state index is -0.0988. The zero-order chi connectivity index (χ0) is 14.5. The van der Waals surface area contributed by atoms with Gasteiger partial charge in [0.05, 0.1) is 10.7 Å². The van der Waals surface area contributed by atoms with Gasteiger partial charge in [-0.1, -0.05) is 23.7 Å². The van der Waals surface area contributed by atoms with E-state index in [0.717, 1.165) is 36.6 Å². The normalized spacial score (nSPS) is 18.7. The minimum Gasteiger partial charge on any atom is -0.368 e. The highest BCUT2D eigenvalue weighted by molar-refractivity contribution is 6.33. The summed E-state index contributed by atoms with van der Waals surface area (Å²) in [7, 11) is 0. The number of hydrogen-bond donors (Lipinski definition) is 2. The van der Waals surface area contributed by atoms with Crippen molar-refractivity contribution in [2.75, 3.05) is 18.0 Å². The maximum Gasteiger partial charge on any atom is 0.221 e. The molecule has 126 valence electrons. The smallest absolute Gasteiger partial charge is 0.221 e. The summed E-state index contributed by atoms with van der Waals surface area (Å²) < 4.78 is 0. The Balaban J connectivity index is 0.00000220. The van der Waals surface area contributed by atoms with Gasteiger partial charge in [0.15, 0.2) is 0 Å². The number of piperidine rings is 1. The first-order chi connectivity index (χ1) is 9.56. The van der Waals surface area contributed by atoms with E-state index in [2.05, 4.69) is 10.2 Å². The van der Waals surface area contributed by atoms with Gasteiger partial charge in [-0.25, -0.2) is 0 Å². The molecule has 1 heterocycles. The lowest BCUT2D eigenvalue weighted by atomic mass is 10.0. The fraction of sp³-hybridized carbons (Fsp3) is 0.533. The SMILES string of the molecule is CC(N)CC(=O)NC1CCCN(c2ccccc2Cl)C1.Cl.Cl. The van der Waals surface area contributed by atoms with Crippen molar-refractivity contribution in [1.29, 1.82) is 0 Å². The van der Waals surface area contributed by atoms with Crippen LogP contribution < -0.4 is 16.0 Å². The molecule has 4 nitrogen and oxygen atoms in total. The van der Waals surface area contributed by atoms with Crippen molar-refractivity contribution < 1.29 is 4.79 Å². The Morgan fingerprint density at radius 2 is 2.14 bits per heavy atom. The Labute approximate surface area is 149 Å². The summed E-state index contributed by atoms with van der Waals surface area (Å²) in [4.78, 5) is 14.0. The Morgan fingerprint density at radius 1 is 1.45 bits per heavy atom. The zero-order valence-electron chi connectivity index (χ0n) is 12.6. The van der Waals surface area contributed by atoms with Crippen molar-refractivity contribution >= 4 is 48.0 Å². The van der Waals surface area contributed by atoms with Gasteiger partial charge in [-0.2, -0.15) is 0 Å². The van der Waals surface area contributed by atoms with Crippen LogP contribution in [0.15, 0.2) is 24.3 Å². The maximum atomic E-state index is 11.8. The summed E-state index contributed by atoms with van der Waals surface area (Å²) in [5.74, 6) is 0.0333. The van der Waals surface area contributed by atoms with Crippen LogP contribution in [-0.4, -0.2) is 31.1 Å². The summed E-state index contributed by atoms with van der Waals surface area (Å²) in [5, 5.41) is 3.83. The molecule has 3 N–H and O–H groups in total. The standard InChI is InChI=1S/C15H22ClN3O.2ClH/c1-11(17)9-15(20)18-12-5-4-8-19(10-12)14-7-3-2-6-13(14)16;;/h2-3,6-7,11-12H,4-5,8-10,17H2,1H3,(H,18,20);2*1H. The number of nitrogens with zero attached hydrogens (tertiary/aromatic N) is 1. The van der Waals surface area contributed by atoms with E-state index in [1.807, 2.05) is 31.2 Å². The van der Waals surface area contributed by atoms with Crippen LogP contribution in [0, 0.1) is 0 Å². The molecule has 2 rings (SSSR count). The molecular formula is C15H24Cl3N3O. The average molecular weight is 369 g/mol. The molecular weight excluding hydrogens is 345 g/mol. The monoisotopic (exact) mass is 367 g/mol. The maximum absolute atomic E-state index is 11.8. The number of nitrogens with one attached hydrogen (secondary N) is 1. The summed E-state index contributed by atoms with van der Waals surface area (Å²) >= 11 is 6.23. The first-order valence-corrected chi connectivity index (χ1v) is 7.48. The molecule has 22 heavy (non-hydrogen) atoms. The molecule has 1 aromatic carbocycles. The Bertz CT molecular complexity index is 471. The number of halogens is 3. The molecule has 1 aliphatic rings. The van der Waals surface area contributed by atoms with Crippen LogP contribution in [0.1, 0.15) is 26.2 Å². The molecule has 1 saturated heterocycles. The van der Waals surface area contributed by atoms with Crippen molar-refractivity contribution in [3.63, 3.8) is 0 Å². The van der Waals surface area contributed by atoms with Crippen LogP contribution in [0.5, 0.6) is 0 Å². The number of anilines is 1. The van der Waals surface area contributed by atoms with E-state index in [1.54, 1.807) is 0 Å². The fourth-order valence-corrected chi connectivity index (χ4v) is 2.86. The van der Waals surface area contributed by atoms with E-state index in [-0.39, 0.29) is 42.8 Å². The lowest BCUT2D eigenvalue weighted by Gasteiger charge is -2.35. The van der Waals surface area contributed by atoms with Crippen molar-refractivity contribution in [3.05, 3.63) is 29.3 Å². The molecule has 1 aliphatic heterocycles. The number of rotatable bonds is 4. The van der Waals surface area contributed by atoms with Gasteiger partial charge in [-0.3, -0.25) is 4.79 Å². The number of nitrogens with two attached hydrogens (primary N) is 1. The van der Waals surface area contributed by atoms with Gasteiger partial charge in [-0.05, 0) is 31.9 Å². The van der Waals surface area contributed by atoms with Gasteiger partial charge in [0.1, 0.15) is 0 Å². The Kier molecular flexibility index (Phi) is 9.85. The largest absolute Gasteiger partial charge is 0.368 e. The number of hydrogen-bond acceptors (Lipinski definition) is 3. The van der Waals surface area contributed by atoms with Crippen LogP contribution in [0.25, 0.3) is 0 Å². The molecule has 7 heteroatoms. The van der Waals surface area contributed by atoms with E-state index in [0.29, 0.717) is 6.42 Å². The Morgan fingerprint density at radius 3 is 2.77 bits per heavy atom. The number of amides is 1. The van der Waals surface area contributed by atoms with E-state index < -0.39 is 0 Å². The lowest BCUT2D eigenvalue weighted by molar-refractivity contribution is -0.122. The molecule has 2 unspecified atom stereocenters. The molecule has 0 saturated carbocycles. The van der Waals surface area contributed by atoms with Crippen LogP contribution in [0.2, 0.25) is 5.02 Å². The third-order valence-corrected chi connectivity index (χ3v) is 3.81. The molecule has 0 radical (unpaired) electrons. The predicted octanol–water partition coefficient (Wildman–Crippen LogP) is 3.01. The van der Waals surface area contributed by atoms with Crippen LogP contribution in [0.4, 0.5) is 5.69 Å². The van der Waals surface area contributed by atoms with Gasteiger partial charge in [0, 0.05) is 31.6 Å². The van der Waals surface area contributed by atoms with Crippen LogP contribution in [0.3, 0.4) is 0 Å². The predicted molar refractivity (Wildman–Crippen MR) is 97.6 cm³/mol. The second-order valence-electron chi connectivity index (χ2n) is 5.49. The number of para-hydroxylation sites is 1. The highest BCUT2D eigenvalue weighted by atomic mass is 35.5. The summed E-state index contributed by atoms with van der Waals surface area (Å²) in [6, 6.07) is 7.91. The Hall–Kier alpha value is -0.680. The van der Waals surface area contributed by atoms with Gasteiger partial charge in [0.2, 0.25) is 5.91 Å². The van der Waals surface area contributed by atoms with Gasteiger partial charge >= 0.3 is 0 Å². The molecule has 1 aromatic rings. The molecule has 2 atom stereocenters. The number of carbonyl (C=O) groups is 1.